The lowest BCUT2D eigenvalue weighted by molar-refractivity contribution is 0.0702. The Morgan fingerprint density at radius 2 is 2.09 bits per heavy atom. The largest absolute Gasteiger partial charge is 0.358 e. The summed E-state index contributed by atoms with van der Waals surface area (Å²) in [5.41, 5.74) is 4.15. The van der Waals surface area contributed by atoms with Gasteiger partial charge in [0, 0.05) is 28.2 Å². The van der Waals surface area contributed by atoms with Gasteiger partial charge in [-0.3, -0.25) is 9.69 Å². The number of carbonyl (C=O) groups excluding carboxylic acids is 1. The van der Waals surface area contributed by atoms with Gasteiger partial charge in [0.2, 0.25) is 0 Å². The minimum Gasteiger partial charge on any atom is -0.358 e. The first-order valence-corrected chi connectivity index (χ1v) is 8.38. The molecule has 0 unspecified atom stereocenters. The van der Waals surface area contributed by atoms with Crippen molar-refractivity contribution in [3.05, 3.63) is 35.0 Å². The Morgan fingerprint density at radius 3 is 2.82 bits per heavy atom. The summed E-state index contributed by atoms with van der Waals surface area (Å²) in [5.74, 6) is 0.251. The summed E-state index contributed by atoms with van der Waals surface area (Å²) in [6.07, 6.45) is 3.68. The first kappa shape index (κ1) is 15.3. The van der Waals surface area contributed by atoms with E-state index < -0.39 is 0 Å². The third kappa shape index (κ3) is 2.58. The molecule has 118 valence electrons. The lowest BCUT2D eigenvalue weighted by Gasteiger charge is -2.37. The van der Waals surface area contributed by atoms with Crippen molar-refractivity contribution in [2.24, 2.45) is 0 Å². The molecule has 0 aliphatic carbocycles. The maximum atomic E-state index is 13.1. The Morgan fingerprint density at radius 1 is 1.32 bits per heavy atom. The molecule has 2 aromatic rings. The van der Waals surface area contributed by atoms with E-state index in [9.17, 15) is 4.79 Å². The van der Waals surface area contributed by atoms with Crippen molar-refractivity contribution < 1.29 is 4.79 Å². The topological polar surface area (TPSA) is 36.1 Å². The van der Waals surface area contributed by atoms with Crippen LogP contribution in [-0.2, 0) is 0 Å². The number of hydrogen-bond acceptors (Lipinski definition) is 2. The normalized spacial score (nSPS) is 21.2. The van der Waals surface area contributed by atoms with Crippen LogP contribution in [0, 0.1) is 13.8 Å². The van der Waals surface area contributed by atoms with E-state index in [4.69, 9.17) is 0 Å². The van der Waals surface area contributed by atoms with Gasteiger partial charge in [0.25, 0.3) is 0 Å². The van der Waals surface area contributed by atoms with Crippen molar-refractivity contribution in [1.29, 1.82) is 0 Å². The zero-order valence-corrected chi connectivity index (χ0v) is 14.1. The lowest BCUT2D eigenvalue weighted by atomic mass is 9.96. The highest BCUT2D eigenvalue weighted by Crippen LogP contribution is 2.27. The fourth-order valence-electron chi connectivity index (χ4n) is 3.82. The number of ketones is 1. The van der Waals surface area contributed by atoms with Crippen LogP contribution in [0.25, 0.3) is 10.9 Å². The molecule has 2 heterocycles. The van der Waals surface area contributed by atoms with E-state index in [1.807, 2.05) is 6.92 Å². The van der Waals surface area contributed by atoms with E-state index in [-0.39, 0.29) is 11.8 Å². The first-order valence-electron chi connectivity index (χ1n) is 8.38. The quantitative estimate of drug-likeness (QED) is 0.861. The number of nitrogens with one attached hydrogen (secondary N) is 1. The average molecular weight is 298 g/mol. The summed E-state index contributed by atoms with van der Waals surface area (Å²) in [6, 6.07) is 6.73. The van der Waals surface area contributed by atoms with Crippen LogP contribution in [-0.4, -0.2) is 34.3 Å². The minimum absolute atomic E-state index is 0.0469. The summed E-state index contributed by atoms with van der Waals surface area (Å²) in [5, 5.41) is 1.06. The molecule has 1 aliphatic heterocycles. The Labute approximate surface area is 132 Å². The van der Waals surface area contributed by atoms with Crippen LogP contribution in [0.1, 0.15) is 54.7 Å². The van der Waals surface area contributed by atoms with Crippen LogP contribution in [0.3, 0.4) is 0 Å². The Bertz CT molecular complexity index is 701. The molecule has 1 fully saturated rings. The van der Waals surface area contributed by atoms with Crippen molar-refractivity contribution in [2.45, 2.75) is 59.0 Å². The highest BCUT2D eigenvalue weighted by molar-refractivity contribution is 6.11. The van der Waals surface area contributed by atoms with Crippen LogP contribution in [0.5, 0.6) is 0 Å². The molecule has 3 nitrogen and oxygen atoms in total. The number of aromatic amines is 1. The van der Waals surface area contributed by atoms with Gasteiger partial charge in [-0.2, -0.15) is 0 Å². The number of rotatable bonds is 3. The van der Waals surface area contributed by atoms with Gasteiger partial charge < -0.3 is 4.98 Å². The molecule has 0 saturated carbocycles. The number of aromatic nitrogens is 1. The lowest BCUT2D eigenvalue weighted by Crippen LogP contribution is -2.47. The molecule has 1 saturated heterocycles. The van der Waals surface area contributed by atoms with Gasteiger partial charge in [-0.05, 0) is 58.7 Å². The number of likely N-dealkylation sites (tertiary alicyclic amines) is 1. The van der Waals surface area contributed by atoms with Gasteiger partial charge in [-0.1, -0.05) is 18.6 Å². The van der Waals surface area contributed by atoms with Crippen molar-refractivity contribution in [3.63, 3.8) is 0 Å². The molecule has 0 bridgehead atoms. The standard InChI is InChI=1S/C19H26N2O/c1-12-8-9-16-17(11-12)20-14(3)18(16)19(22)15(4)21-10-6-5-7-13(21)2/h8-9,11,13,15,20H,5-7,10H2,1-4H3/t13-,15+/m1/s1. The molecule has 1 aromatic carbocycles. The number of H-pyrrole nitrogens is 1. The molecule has 3 heteroatoms. The SMILES string of the molecule is Cc1ccc2c(C(=O)[C@H](C)N3CCCC[C@H]3C)c(C)[nH]c2c1. The molecule has 0 radical (unpaired) electrons. The molecule has 1 aliphatic rings. The molecule has 1 aromatic heterocycles. The number of nitrogens with zero attached hydrogens (tertiary/aromatic N) is 1. The summed E-state index contributed by atoms with van der Waals surface area (Å²) in [6.45, 7) is 9.43. The van der Waals surface area contributed by atoms with Gasteiger partial charge in [0.15, 0.2) is 5.78 Å². The highest BCUT2D eigenvalue weighted by atomic mass is 16.1. The number of Topliss-reactive ketones (excluding diaryl/α,β-unsaturated/α-hetero) is 1. The maximum Gasteiger partial charge on any atom is 0.182 e. The number of benzene rings is 1. The van der Waals surface area contributed by atoms with Gasteiger partial charge >= 0.3 is 0 Å². The molecular formula is C19H26N2O. The fraction of sp³-hybridized carbons (Fsp3) is 0.526. The molecule has 0 amide bonds. The van der Waals surface area contributed by atoms with Crippen LogP contribution in [0.2, 0.25) is 0 Å². The number of aryl methyl sites for hydroxylation is 2. The van der Waals surface area contributed by atoms with E-state index in [2.05, 4.69) is 48.9 Å². The van der Waals surface area contributed by atoms with Crippen LogP contribution in [0.15, 0.2) is 18.2 Å². The second-order valence-corrected chi connectivity index (χ2v) is 6.80. The monoisotopic (exact) mass is 298 g/mol. The van der Waals surface area contributed by atoms with Gasteiger partial charge in [0.05, 0.1) is 6.04 Å². The van der Waals surface area contributed by atoms with E-state index in [1.165, 1.54) is 24.8 Å². The molecule has 0 spiro atoms. The predicted octanol–water partition coefficient (Wildman–Crippen LogP) is 4.23. The summed E-state index contributed by atoms with van der Waals surface area (Å²) in [7, 11) is 0. The van der Waals surface area contributed by atoms with Gasteiger partial charge in [-0.25, -0.2) is 0 Å². The van der Waals surface area contributed by atoms with Crippen molar-refractivity contribution in [1.82, 2.24) is 9.88 Å². The zero-order chi connectivity index (χ0) is 15.9. The Kier molecular flexibility index (Phi) is 4.09. The first-order chi connectivity index (χ1) is 10.5. The molecule has 1 N–H and O–H groups in total. The predicted molar refractivity (Wildman–Crippen MR) is 91.6 cm³/mol. The van der Waals surface area contributed by atoms with Crippen LogP contribution in [0.4, 0.5) is 0 Å². The highest BCUT2D eigenvalue weighted by Gasteiger charge is 2.30. The Hall–Kier alpha value is -1.61. The van der Waals surface area contributed by atoms with Crippen LogP contribution >= 0.6 is 0 Å². The molecule has 2 atom stereocenters. The molecular weight excluding hydrogens is 272 g/mol. The summed E-state index contributed by atoms with van der Waals surface area (Å²) in [4.78, 5) is 18.9. The average Bonchev–Trinajstić information content (AvgIpc) is 2.81. The molecule has 3 rings (SSSR count). The second kappa shape index (κ2) is 5.88. The minimum atomic E-state index is -0.0469. The van der Waals surface area contributed by atoms with Crippen LogP contribution < -0.4 is 0 Å². The number of hydrogen-bond donors (Lipinski definition) is 1. The fourth-order valence-corrected chi connectivity index (χ4v) is 3.82. The third-order valence-corrected chi connectivity index (χ3v) is 5.12. The zero-order valence-electron chi connectivity index (χ0n) is 14.1. The number of piperidine rings is 1. The number of carbonyl (C=O) groups is 1. The Balaban J connectivity index is 1.96. The van der Waals surface area contributed by atoms with E-state index >= 15 is 0 Å². The summed E-state index contributed by atoms with van der Waals surface area (Å²) < 4.78 is 0. The van der Waals surface area contributed by atoms with Crippen molar-refractivity contribution >= 4 is 16.7 Å². The maximum absolute atomic E-state index is 13.1. The third-order valence-electron chi connectivity index (χ3n) is 5.12. The van der Waals surface area contributed by atoms with Crippen molar-refractivity contribution in [3.8, 4) is 0 Å². The summed E-state index contributed by atoms with van der Waals surface area (Å²) >= 11 is 0. The smallest absolute Gasteiger partial charge is 0.182 e. The van der Waals surface area contributed by atoms with Crippen molar-refractivity contribution in [2.75, 3.05) is 6.54 Å². The van der Waals surface area contributed by atoms with Gasteiger partial charge in [-0.15, -0.1) is 0 Å². The number of fused-ring (bicyclic) bond motifs is 1. The van der Waals surface area contributed by atoms with E-state index in [1.54, 1.807) is 0 Å². The van der Waals surface area contributed by atoms with E-state index in [0.717, 1.165) is 28.7 Å². The second-order valence-electron chi connectivity index (χ2n) is 6.80. The van der Waals surface area contributed by atoms with E-state index in [0.29, 0.717) is 6.04 Å². The molecule has 22 heavy (non-hydrogen) atoms. The van der Waals surface area contributed by atoms with Gasteiger partial charge in [0.1, 0.15) is 0 Å².